The van der Waals surface area contributed by atoms with Crippen molar-refractivity contribution in [2.45, 2.75) is 13.3 Å². The van der Waals surface area contributed by atoms with Gasteiger partial charge in [-0.15, -0.1) is 0 Å². The molecule has 0 bridgehead atoms. The quantitative estimate of drug-likeness (QED) is 0.702. The molecule has 0 fully saturated rings. The number of benzene rings is 2. The van der Waals surface area contributed by atoms with Crippen LogP contribution in [0.1, 0.15) is 21.6 Å². The first-order chi connectivity index (χ1) is 13.0. The molecule has 1 heterocycles. The molecule has 0 aliphatic heterocycles. The molecule has 0 atom stereocenters. The lowest BCUT2D eigenvalue weighted by Crippen LogP contribution is -2.14. The Morgan fingerprint density at radius 3 is 2.52 bits per heavy atom. The van der Waals surface area contributed by atoms with Crippen molar-refractivity contribution < 1.29 is 14.3 Å². The van der Waals surface area contributed by atoms with Crippen molar-refractivity contribution >= 4 is 17.5 Å². The predicted octanol–water partition coefficient (Wildman–Crippen LogP) is 2.47. The summed E-state index contributed by atoms with van der Waals surface area (Å²) in [5.74, 6) is 0.0633. The Hall–Kier alpha value is -3.61. The zero-order valence-electron chi connectivity index (χ0n) is 15.1. The number of aromatic nitrogens is 2. The molecule has 3 N–H and O–H groups in total. The molecule has 2 aromatic carbocycles. The van der Waals surface area contributed by atoms with Crippen LogP contribution in [0.3, 0.4) is 0 Å². The molecule has 0 saturated heterocycles. The summed E-state index contributed by atoms with van der Waals surface area (Å²) in [4.78, 5) is 23.4. The minimum absolute atomic E-state index is 0.122. The van der Waals surface area contributed by atoms with Gasteiger partial charge in [-0.1, -0.05) is 12.1 Å². The SMILES string of the molecule is COc1cc(CC(=O)Nc2ccc(-n3ccc(C(N)=O)n3)cc2)ccc1C. The summed E-state index contributed by atoms with van der Waals surface area (Å²) in [6, 6.07) is 14.4. The van der Waals surface area contributed by atoms with Crippen LogP contribution in [0.25, 0.3) is 5.69 Å². The average Bonchev–Trinajstić information content (AvgIpc) is 3.14. The van der Waals surface area contributed by atoms with Gasteiger partial charge in [-0.2, -0.15) is 5.10 Å². The maximum absolute atomic E-state index is 12.3. The van der Waals surface area contributed by atoms with E-state index in [4.69, 9.17) is 10.5 Å². The topological polar surface area (TPSA) is 99.2 Å². The number of amides is 2. The van der Waals surface area contributed by atoms with Crippen LogP contribution in [-0.4, -0.2) is 28.7 Å². The summed E-state index contributed by atoms with van der Waals surface area (Å²) >= 11 is 0. The Labute approximate surface area is 156 Å². The smallest absolute Gasteiger partial charge is 0.269 e. The fraction of sp³-hybridized carbons (Fsp3) is 0.150. The second-order valence-electron chi connectivity index (χ2n) is 6.09. The number of primary amides is 1. The number of carbonyl (C=O) groups is 2. The lowest BCUT2D eigenvalue weighted by atomic mass is 10.1. The normalized spacial score (nSPS) is 10.4. The number of nitrogens with one attached hydrogen (secondary N) is 1. The maximum Gasteiger partial charge on any atom is 0.269 e. The molecule has 0 aliphatic rings. The molecule has 0 unspecified atom stereocenters. The van der Waals surface area contributed by atoms with Crippen LogP contribution in [-0.2, 0) is 11.2 Å². The molecule has 2 amide bonds. The first kappa shape index (κ1) is 18.2. The Morgan fingerprint density at radius 1 is 1.15 bits per heavy atom. The number of ether oxygens (including phenoxy) is 1. The minimum atomic E-state index is -0.578. The Bertz CT molecular complexity index is 977. The van der Waals surface area contributed by atoms with Crippen LogP contribution in [0.2, 0.25) is 0 Å². The molecule has 3 aromatic rings. The highest BCUT2D eigenvalue weighted by molar-refractivity contribution is 5.92. The number of rotatable bonds is 6. The summed E-state index contributed by atoms with van der Waals surface area (Å²) in [6.45, 7) is 1.95. The molecule has 7 heteroatoms. The molecule has 7 nitrogen and oxygen atoms in total. The minimum Gasteiger partial charge on any atom is -0.496 e. The van der Waals surface area contributed by atoms with Crippen molar-refractivity contribution in [2.24, 2.45) is 5.73 Å². The molecular formula is C20H20N4O3. The number of aryl methyl sites for hydroxylation is 1. The van der Waals surface area contributed by atoms with E-state index in [0.717, 1.165) is 22.6 Å². The maximum atomic E-state index is 12.3. The first-order valence-corrected chi connectivity index (χ1v) is 8.35. The van der Waals surface area contributed by atoms with E-state index in [-0.39, 0.29) is 18.0 Å². The highest BCUT2D eigenvalue weighted by Gasteiger charge is 2.08. The fourth-order valence-corrected chi connectivity index (χ4v) is 2.66. The average molecular weight is 364 g/mol. The van der Waals surface area contributed by atoms with E-state index in [2.05, 4.69) is 10.4 Å². The van der Waals surface area contributed by atoms with Gasteiger partial charge < -0.3 is 15.8 Å². The van der Waals surface area contributed by atoms with Gasteiger partial charge in [0, 0.05) is 11.9 Å². The fourth-order valence-electron chi connectivity index (χ4n) is 2.66. The molecule has 3 rings (SSSR count). The lowest BCUT2D eigenvalue weighted by molar-refractivity contribution is -0.115. The van der Waals surface area contributed by atoms with E-state index in [0.29, 0.717) is 5.69 Å². The van der Waals surface area contributed by atoms with E-state index in [9.17, 15) is 9.59 Å². The van der Waals surface area contributed by atoms with Gasteiger partial charge in [-0.25, -0.2) is 4.68 Å². The van der Waals surface area contributed by atoms with Gasteiger partial charge in [0.1, 0.15) is 11.4 Å². The van der Waals surface area contributed by atoms with Crippen molar-refractivity contribution in [3.05, 3.63) is 71.5 Å². The molecule has 138 valence electrons. The van der Waals surface area contributed by atoms with Crippen LogP contribution < -0.4 is 15.8 Å². The molecule has 27 heavy (non-hydrogen) atoms. The van der Waals surface area contributed by atoms with Crippen molar-refractivity contribution in [1.82, 2.24) is 9.78 Å². The van der Waals surface area contributed by atoms with Crippen LogP contribution in [0.4, 0.5) is 5.69 Å². The van der Waals surface area contributed by atoms with Crippen molar-refractivity contribution in [3.63, 3.8) is 0 Å². The highest BCUT2D eigenvalue weighted by atomic mass is 16.5. The molecule has 0 spiro atoms. The summed E-state index contributed by atoms with van der Waals surface area (Å²) in [5.41, 5.74) is 8.72. The van der Waals surface area contributed by atoms with Gasteiger partial charge in [0.2, 0.25) is 5.91 Å². The lowest BCUT2D eigenvalue weighted by Gasteiger charge is -2.09. The van der Waals surface area contributed by atoms with Crippen LogP contribution in [0.5, 0.6) is 5.75 Å². The Kier molecular flexibility index (Phi) is 5.21. The van der Waals surface area contributed by atoms with E-state index in [1.165, 1.54) is 0 Å². The van der Waals surface area contributed by atoms with Gasteiger partial charge in [0.05, 0.1) is 19.2 Å². The summed E-state index contributed by atoms with van der Waals surface area (Å²) in [5, 5.41) is 6.95. The molecule has 1 aromatic heterocycles. The number of carbonyl (C=O) groups excluding carboxylic acids is 2. The Morgan fingerprint density at radius 2 is 1.89 bits per heavy atom. The molecule has 0 aliphatic carbocycles. The predicted molar refractivity (Wildman–Crippen MR) is 102 cm³/mol. The second-order valence-corrected chi connectivity index (χ2v) is 6.09. The number of nitrogens with two attached hydrogens (primary N) is 1. The highest BCUT2D eigenvalue weighted by Crippen LogP contribution is 2.20. The zero-order valence-corrected chi connectivity index (χ0v) is 15.1. The van der Waals surface area contributed by atoms with Crippen LogP contribution in [0, 0.1) is 6.92 Å². The van der Waals surface area contributed by atoms with Gasteiger partial charge >= 0.3 is 0 Å². The third-order valence-electron chi connectivity index (χ3n) is 4.09. The third kappa shape index (κ3) is 4.33. The van der Waals surface area contributed by atoms with E-state index < -0.39 is 5.91 Å². The largest absolute Gasteiger partial charge is 0.496 e. The Balaban J connectivity index is 1.65. The number of hydrogen-bond donors (Lipinski definition) is 2. The monoisotopic (exact) mass is 364 g/mol. The summed E-state index contributed by atoms with van der Waals surface area (Å²) in [7, 11) is 1.61. The number of anilines is 1. The van der Waals surface area contributed by atoms with Crippen molar-refractivity contribution in [3.8, 4) is 11.4 Å². The van der Waals surface area contributed by atoms with Crippen LogP contribution in [0.15, 0.2) is 54.7 Å². The second kappa shape index (κ2) is 7.74. The molecule has 0 saturated carbocycles. The first-order valence-electron chi connectivity index (χ1n) is 8.35. The van der Waals surface area contributed by atoms with Crippen LogP contribution >= 0.6 is 0 Å². The summed E-state index contributed by atoms with van der Waals surface area (Å²) in [6.07, 6.45) is 1.90. The zero-order chi connectivity index (χ0) is 19.4. The van der Waals surface area contributed by atoms with Gasteiger partial charge in [-0.3, -0.25) is 9.59 Å². The van der Waals surface area contributed by atoms with Crippen molar-refractivity contribution in [2.75, 3.05) is 12.4 Å². The van der Waals surface area contributed by atoms with Gasteiger partial charge in [-0.05, 0) is 54.4 Å². The van der Waals surface area contributed by atoms with E-state index in [1.54, 1.807) is 48.3 Å². The van der Waals surface area contributed by atoms with Gasteiger partial charge in [0.15, 0.2) is 0 Å². The standard InChI is InChI=1S/C20H20N4O3/c1-13-3-4-14(11-18(13)27-2)12-19(25)22-15-5-7-16(8-6-15)24-10-9-17(23-24)20(21)26/h3-11H,12H2,1-2H3,(H2,21,26)(H,22,25). The number of hydrogen-bond acceptors (Lipinski definition) is 4. The number of nitrogens with zero attached hydrogens (tertiary/aromatic N) is 2. The third-order valence-corrected chi connectivity index (χ3v) is 4.09. The molecular weight excluding hydrogens is 344 g/mol. The molecule has 0 radical (unpaired) electrons. The van der Waals surface area contributed by atoms with Gasteiger partial charge in [0.25, 0.3) is 5.91 Å². The number of methoxy groups -OCH3 is 1. The summed E-state index contributed by atoms with van der Waals surface area (Å²) < 4.78 is 6.83. The van der Waals surface area contributed by atoms with E-state index >= 15 is 0 Å². The van der Waals surface area contributed by atoms with Crippen molar-refractivity contribution in [1.29, 1.82) is 0 Å². The van der Waals surface area contributed by atoms with E-state index in [1.807, 2.05) is 25.1 Å².